The lowest BCUT2D eigenvalue weighted by atomic mass is 9.98. The fourth-order valence-corrected chi connectivity index (χ4v) is 3.64. The molecule has 25 heavy (non-hydrogen) atoms. The number of aromatic nitrogens is 2. The fourth-order valence-electron chi connectivity index (χ4n) is 3.64. The number of fused-ring (bicyclic) bond motifs is 2. The number of Topliss-reactive ketones (excluding diaryl/α,β-unsaturated/α-hetero) is 1. The Morgan fingerprint density at radius 1 is 1.04 bits per heavy atom. The number of aryl methyl sites for hydroxylation is 1. The summed E-state index contributed by atoms with van der Waals surface area (Å²) >= 11 is 0. The third-order valence-electron chi connectivity index (χ3n) is 5.00. The minimum atomic E-state index is -0.253. The van der Waals surface area contributed by atoms with Crippen LogP contribution in [0, 0.1) is 0 Å². The molecule has 1 aliphatic carbocycles. The minimum Gasteiger partial charge on any atom is -0.334 e. The highest BCUT2D eigenvalue weighted by Crippen LogP contribution is 2.24. The Labute approximate surface area is 144 Å². The van der Waals surface area contributed by atoms with Gasteiger partial charge in [-0.15, -0.1) is 0 Å². The smallest absolute Gasteiger partial charge is 0.264 e. The number of benzene rings is 1. The molecule has 1 aromatic heterocycles. The third kappa shape index (κ3) is 2.99. The summed E-state index contributed by atoms with van der Waals surface area (Å²) in [6.07, 6.45) is 3.93. The molecule has 0 saturated carbocycles. The minimum absolute atomic E-state index is 0.0644. The second-order valence-electron chi connectivity index (χ2n) is 6.68. The highest BCUT2D eigenvalue weighted by molar-refractivity contribution is 6.00. The van der Waals surface area contributed by atoms with E-state index in [-0.39, 0.29) is 17.2 Å². The molecule has 6 nitrogen and oxygen atoms in total. The van der Waals surface area contributed by atoms with Crippen molar-refractivity contribution in [2.24, 2.45) is 0 Å². The second-order valence-corrected chi connectivity index (χ2v) is 6.68. The van der Waals surface area contributed by atoms with Gasteiger partial charge in [0.1, 0.15) is 0 Å². The number of aromatic amines is 1. The summed E-state index contributed by atoms with van der Waals surface area (Å²) in [6.45, 7) is 0.960. The van der Waals surface area contributed by atoms with E-state index in [1.807, 2.05) is 6.07 Å². The number of ketones is 1. The van der Waals surface area contributed by atoms with Gasteiger partial charge in [-0.05, 0) is 37.0 Å². The Balaban J connectivity index is 1.60. The van der Waals surface area contributed by atoms with E-state index in [1.54, 1.807) is 17.0 Å². The number of hydrogen-bond donors (Lipinski definition) is 1. The zero-order valence-corrected chi connectivity index (χ0v) is 13.9. The molecule has 1 aromatic carbocycles. The number of carbonyl (C=O) groups excluding carboxylic acids is 2. The van der Waals surface area contributed by atoms with Crippen molar-refractivity contribution >= 4 is 11.7 Å². The van der Waals surface area contributed by atoms with Crippen LogP contribution in [0.4, 0.5) is 0 Å². The van der Waals surface area contributed by atoms with Gasteiger partial charge in [-0.25, -0.2) is 5.10 Å². The topological polar surface area (TPSA) is 83.1 Å². The van der Waals surface area contributed by atoms with Gasteiger partial charge in [0.05, 0.1) is 5.69 Å². The number of nitrogens with zero attached hydrogens (tertiary/aromatic N) is 2. The van der Waals surface area contributed by atoms with E-state index in [2.05, 4.69) is 10.2 Å². The quantitative estimate of drug-likeness (QED) is 0.806. The van der Waals surface area contributed by atoms with E-state index in [0.717, 1.165) is 41.6 Å². The number of amides is 1. The van der Waals surface area contributed by atoms with Crippen LogP contribution in [0.3, 0.4) is 0 Å². The average molecular weight is 337 g/mol. The van der Waals surface area contributed by atoms with Crippen LogP contribution in [0.5, 0.6) is 0 Å². The number of nitrogens with one attached hydrogen (secondary N) is 1. The van der Waals surface area contributed by atoms with Crippen LogP contribution in [0.15, 0.2) is 29.1 Å². The molecule has 1 N–H and O–H groups in total. The first kappa shape index (κ1) is 15.7. The van der Waals surface area contributed by atoms with Crippen LogP contribution in [-0.2, 0) is 19.4 Å². The Morgan fingerprint density at radius 2 is 1.88 bits per heavy atom. The molecule has 1 amide bonds. The van der Waals surface area contributed by atoms with Crippen molar-refractivity contribution < 1.29 is 9.59 Å². The van der Waals surface area contributed by atoms with Gasteiger partial charge in [0, 0.05) is 48.7 Å². The molecule has 6 heteroatoms. The Bertz CT molecular complexity index is 916. The van der Waals surface area contributed by atoms with E-state index in [4.69, 9.17) is 0 Å². The van der Waals surface area contributed by atoms with Gasteiger partial charge in [0.25, 0.3) is 11.5 Å². The summed E-state index contributed by atoms with van der Waals surface area (Å²) in [5.74, 6) is 0.106. The molecule has 4 rings (SSSR count). The number of carbonyl (C=O) groups is 2. The van der Waals surface area contributed by atoms with Crippen molar-refractivity contribution in [3.05, 3.63) is 62.6 Å². The fraction of sp³-hybridized carbons (Fsp3) is 0.368. The maximum Gasteiger partial charge on any atom is 0.264 e. The Kier molecular flexibility index (Phi) is 3.95. The number of hydrogen-bond acceptors (Lipinski definition) is 4. The molecule has 0 fully saturated rings. The second kappa shape index (κ2) is 6.27. The molecule has 1 aliphatic heterocycles. The molecule has 2 aliphatic rings. The van der Waals surface area contributed by atoms with Crippen molar-refractivity contribution in [3.63, 3.8) is 0 Å². The molecule has 0 saturated heterocycles. The summed E-state index contributed by atoms with van der Waals surface area (Å²) in [5.41, 5.74) is 3.73. The molecule has 0 unspecified atom stereocenters. The van der Waals surface area contributed by atoms with E-state index >= 15 is 0 Å². The summed E-state index contributed by atoms with van der Waals surface area (Å²) in [4.78, 5) is 38.2. The molecular formula is C19H19N3O3. The van der Waals surface area contributed by atoms with E-state index < -0.39 is 0 Å². The molecule has 128 valence electrons. The molecule has 0 radical (unpaired) electrons. The summed E-state index contributed by atoms with van der Waals surface area (Å²) in [5, 5.41) is 6.49. The predicted octanol–water partition coefficient (Wildman–Crippen LogP) is 1.88. The van der Waals surface area contributed by atoms with Gasteiger partial charge >= 0.3 is 0 Å². The van der Waals surface area contributed by atoms with Gasteiger partial charge < -0.3 is 4.90 Å². The zero-order chi connectivity index (χ0) is 17.4. The SMILES string of the molecule is O=C1CCCCc2cc(C(=O)N3CCc4n[nH]c(=O)cc4C3)ccc21. The highest BCUT2D eigenvalue weighted by atomic mass is 16.2. The van der Waals surface area contributed by atoms with Crippen molar-refractivity contribution in [1.29, 1.82) is 0 Å². The first-order valence-corrected chi connectivity index (χ1v) is 8.65. The zero-order valence-electron chi connectivity index (χ0n) is 13.9. The van der Waals surface area contributed by atoms with Gasteiger partial charge in [0.2, 0.25) is 0 Å². The third-order valence-corrected chi connectivity index (χ3v) is 5.00. The van der Waals surface area contributed by atoms with Crippen LogP contribution in [-0.4, -0.2) is 33.3 Å². The van der Waals surface area contributed by atoms with Gasteiger partial charge in [-0.3, -0.25) is 14.4 Å². The molecule has 0 atom stereocenters. The molecule has 2 aromatic rings. The lowest BCUT2D eigenvalue weighted by Gasteiger charge is -2.28. The monoisotopic (exact) mass is 337 g/mol. The average Bonchev–Trinajstić information content (AvgIpc) is 2.81. The van der Waals surface area contributed by atoms with E-state index in [9.17, 15) is 14.4 Å². The standard InChI is InChI=1S/C19H19N3O3/c23-17-4-2-1-3-12-9-13(5-6-15(12)17)19(25)22-8-7-16-14(11-22)10-18(24)21-20-16/h5-6,9-10H,1-4,7-8,11H2,(H,21,24). The first-order valence-electron chi connectivity index (χ1n) is 8.65. The van der Waals surface area contributed by atoms with Crippen LogP contribution in [0.1, 0.15) is 56.8 Å². The van der Waals surface area contributed by atoms with Crippen molar-refractivity contribution in [3.8, 4) is 0 Å². The summed E-state index contributed by atoms with van der Waals surface area (Å²) in [6, 6.07) is 6.92. The van der Waals surface area contributed by atoms with Crippen LogP contribution in [0.2, 0.25) is 0 Å². The Morgan fingerprint density at radius 3 is 2.76 bits per heavy atom. The van der Waals surface area contributed by atoms with Gasteiger partial charge in [-0.2, -0.15) is 5.10 Å². The lowest BCUT2D eigenvalue weighted by Crippen LogP contribution is -2.37. The number of H-pyrrole nitrogens is 1. The maximum atomic E-state index is 12.9. The van der Waals surface area contributed by atoms with Crippen molar-refractivity contribution in [2.45, 2.75) is 38.6 Å². The number of rotatable bonds is 1. The first-order chi connectivity index (χ1) is 12.1. The normalized spacial score (nSPS) is 16.8. The summed E-state index contributed by atoms with van der Waals surface area (Å²) in [7, 11) is 0. The predicted molar refractivity (Wildman–Crippen MR) is 91.6 cm³/mol. The van der Waals surface area contributed by atoms with Crippen LogP contribution in [0.25, 0.3) is 0 Å². The lowest BCUT2D eigenvalue weighted by molar-refractivity contribution is 0.0732. The van der Waals surface area contributed by atoms with Crippen molar-refractivity contribution in [2.75, 3.05) is 6.54 Å². The molecule has 0 spiro atoms. The van der Waals surface area contributed by atoms with Gasteiger partial charge in [0.15, 0.2) is 5.78 Å². The van der Waals surface area contributed by atoms with Crippen LogP contribution < -0.4 is 5.56 Å². The maximum absolute atomic E-state index is 12.9. The summed E-state index contributed by atoms with van der Waals surface area (Å²) < 4.78 is 0. The van der Waals surface area contributed by atoms with E-state index in [0.29, 0.717) is 31.5 Å². The van der Waals surface area contributed by atoms with E-state index in [1.165, 1.54) is 6.07 Å². The highest BCUT2D eigenvalue weighted by Gasteiger charge is 2.24. The molecule has 2 heterocycles. The largest absolute Gasteiger partial charge is 0.334 e. The molecular weight excluding hydrogens is 318 g/mol. The Hall–Kier alpha value is -2.76. The van der Waals surface area contributed by atoms with Crippen molar-refractivity contribution in [1.82, 2.24) is 15.1 Å². The molecule has 0 bridgehead atoms. The van der Waals surface area contributed by atoms with Crippen LogP contribution >= 0.6 is 0 Å². The van der Waals surface area contributed by atoms with Gasteiger partial charge in [-0.1, -0.05) is 6.07 Å².